The SMILES string of the molecule is Cc1ccc(C(CNC(=O)c2csc(-c3ccco3)n2)N(C)C)cc1. The van der Waals surface area contributed by atoms with E-state index in [-0.39, 0.29) is 11.9 Å². The number of benzene rings is 1. The van der Waals surface area contributed by atoms with Crippen LogP contribution in [0.4, 0.5) is 0 Å². The van der Waals surface area contributed by atoms with Gasteiger partial charge < -0.3 is 14.6 Å². The minimum atomic E-state index is -0.173. The Labute approximate surface area is 151 Å². The molecule has 1 amide bonds. The van der Waals surface area contributed by atoms with Crippen LogP contribution in [0.25, 0.3) is 10.8 Å². The van der Waals surface area contributed by atoms with E-state index >= 15 is 0 Å². The standard InChI is InChI=1S/C19H21N3O2S/c1-13-6-8-14(9-7-13)16(22(2)3)11-20-18(23)15-12-25-19(21-15)17-5-4-10-24-17/h4-10,12,16H,11H2,1-3H3,(H,20,23). The number of thiazole rings is 1. The Hall–Kier alpha value is -2.44. The van der Waals surface area contributed by atoms with Gasteiger partial charge in [-0.05, 0) is 38.7 Å². The zero-order valence-corrected chi connectivity index (χ0v) is 15.3. The number of aryl methyl sites for hydroxylation is 1. The Balaban J connectivity index is 1.66. The molecule has 3 rings (SSSR count). The van der Waals surface area contributed by atoms with Gasteiger partial charge in [-0.3, -0.25) is 4.79 Å². The first-order valence-corrected chi connectivity index (χ1v) is 8.93. The van der Waals surface area contributed by atoms with Crippen molar-refractivity contribution in [2.75, 3.05) is 20.6 Å². The molecule has 2 aromatic heterocycles. The van der Waals surface area contributed by atoms with Crippen LogP contribution in [0.1, 0.15) is 27.7 Å². The van der Waals surface area contributed by atoms with Crippen LogP contribution in [0.3, 0.4) is 0 Å². The number of likely N-dealkylation sites (N-methyl/N-ethyl adjacent to an activating group) is 1. The predicted octanol–water partition coefficient (Wildman–Crippen LogP) is 3.74. The number of rotatable bonds is 6. The lowest BCUT2D eigenvalue weighted by Crippen LogP contribution is -2.34. The van der Waals surface area contributed by atoms with E-state index in [0.717, 1.165) is 0 Å². The number of carbonyl (C=O) groups excluding carboxylic acids is 1. The Morgan fingerprint density at radius 2 is 2.04 bits per heavy atom. The molecule has 0 aliphatic rings. The fourth-order valence-electron chi connectivity index (χ4n) is 2.56. The molecule has 0 spiro atoms. The predicted molar refractivity (Wildman–Crippen MR) is 99.8 cm³/mol. The van der Waals surface area contributed by atoms with Crippen molar-refractivity contribution >= 4 is 17.2 Å². The molecule has 2 heterocycles. The maximum Gasteiger partial charge on any atom is 0.270 e. The number of hydrogen-bond acceptors (Lipinski definition) is 5. The molecule has 0 saturated heterocycles. The van der Waals surface area contributed by atoms with E-state index in [1.165, 1.54) is 22.5 Å². The van der Waals surface area contributed by atoms with Gasteiger partial charge in [0.2, 0.25) is 0 Å². The first kappa shape index (κ1) is 17.4. The summed E-state index contributed by atoms with van der Waals surface area (Å²) in [7, 11) is 4.02. The Morgan fingerprint density at radius 1 is 1.28 bits per heavy atom. The van der Waals surface area contributed by atoms with Crippen LogP contribution in [0.2, 0.25) is 0 Å². The van der Waals surface area contributed by atoms with E-state index in [1.54, 1.807) is 17.7 Å². The number of nitrogens with one attached hydrogen (secondary N) is 1. The number of carbonyl (C=O) groups is 1. The van der Waals surface area contributed by atoms with Crippen LogP contribution < -0.4 is 5.32 Å². The molecule has 1 N–H and O–H groups in total. The topological polar surface area (TPSA) is 58.4 Å². The molecule has 3 aromatic rings. The van der Waals surface area contributed by atoms with Crippen molar-refractivity contribution in [2.45, 2.75) is 13.0 Å². The lowest BCUT2D eigenvalue weighted by molar-refractivity contribution is 0.0937. The van der Waals surface area contributed by atoms with Gasteiger partial charge in [-0.2, -0.15) is 0 Å². The highest BCUT2D eigenvalue weighted by Gasteiger charge is 2.18. The normalized spacial score (nSPS) is 12.3. The van der Waals surface area contributed by atoms with Crippen LogP contribution in [0.15, 0.2) is 52.5 Å². The summed E-state index contributed by atoms with van der Waals surface area (Å²) >= 11 is 1.40. The second kappa shape index (κ2) is 7.63. The van der Waals surface area contributed by atoms with Crippen molar-refractivity contribution in [1.82, 2.24) is 15.2 Å². The summed E-state index contributed by atoms with van der Waals surface area (Å²) in [6.07, 6.45) is 1.60. The van der Waals surface area contributed by atoms with Crippen LogP contribution in [-0.4, -0.2) is 36.4 Å². The van der Waals surface area contributed by atoms with Crippen molar-refractivity contribution in [1.29, 1.82) is 0 Å². The first-order chi connectivity index (χ1) is 12.0. The van der Waals surface area contributed by atoms with Gasteiger partial charge in [-0.15, -0.1) is 11.3 Å². The third-order valence-electron chi connectivity index (χ3n) is 4.01. The summed E-state index contributed by atoms with van der Waals surface area (Å²) in [4.78, 5) is 18.9. The lowest BCUT2D eigenvalue weighted by Gasteiger charge is -2.25. The van der Waals surface area contributed by atoms with Crippen molar-refractivity contribution in [3.63, 3.8) is 0 Å². The van der Waals surface area contributed by atoms with E-state index in [1.807, 2.05) is 20.2 Å². The molecule has 0 bridgehead atoms. The van der Waals surface area contributed by atoms with Gasteiger partial charge in [0.05, 0.1) is 12.3 Å². The van der Waals surface area contributed by atoms with Crippen molar-refractivity contribution in [3.05, 3.63) is 64.9 Å². The van der Waals surface area contributed by atoms with Gasteiger partial charge in [-0.1, -0.05) is 29.8 Å². The average Bonchev–Trinajstić information content (AvgIpc) is 3.27. The number of furan rings is 1. The van der Waals surface area contributed by atoms with Crippen molar-refractivity contribution < 1.29 is 9.21 Å². The summed E-state index contributed by atoms with van der Waals surface area (Å²) in [5.74, 6) is 0.503. The highest BCUT2D eigenvalue weighted by Crippen LogP contribution is 2.24. The summed E-state index contributed by atoms with van der Waals surface area (Å²) in [5.41, 5.74) is 2.81. The van der Waals surface area contributed by atoms with Gasteiger partial charge in [-0.25, -0.2) is 4.98 Å². The quantitative estimate of drug-likeness (QED) is 0.732. The van der Waals surface area contributed by atoms with Crippen molar-refractivity contribution in [3.8, 4) is 10.8 Å². The minimum Gasteiger partial charge on any atom is -0.462 e. The third kappa shape index (κ3) is 4.15. The fourth-order valence-corrected chi connectivity index (χ4v) is 3.32. The molecule has 0 saturated carbocycles. The molecule has 0 aliphatic carbocycles. The van der Waals surface area contributed by atoms with E-state index in [2.05, 4.69) is 46.4 Å². The second-order valence-electron chi connectivity index (χ2n) is 6.12. The zero-order valence-electron chi connectivity index (χ0n) is 14.5. The van der Waals surface area contributed by atoms with Gasteiger partial charge in [0, 0.05) is 11.9 Å². The largest absolute Gasteiger partial charge is 0.462 e. The van der Waals surface area contributed by atoms with Gasteiger partial charge in [0.25, 0.3) is 5.91 Å². The third-order valence-corrected chi connectivity index (χ3v) is 4.87. The van der Waals surface area contributed by atoms with E-state index in [9.17, 15) is 4.79 Å². The molecule has 25 heavy (non-hydrogen) atoms. The maximum atomic E-state index is 12.4. The molecule has 130 valence electrons. The summed E-state index contributed by atoms with van der Waals surface area (Å²) in [5, 5.41) is 5.45. The van der Waals surface area contributed by atoms with Crippen LogP contribution >= 0.6 is 11.3 Å². The number of aromatic nitrogens is 1. The molecule has 1 unspecified atom stereocenters. The molecule has 1 aromatic carbocycles. The Kier molecular flexibility index (Phi) is 5.31. The number of nitrogens with zero attached hydrogens (tertiary/aromatic N) is 2. The Bertz CT molecular complexity index is 823. The zero-order chi connectivity index (χ0) is 17.8. The van der Waals surface area contributed by atoms with Gasteiger partial charge in [0.1, 0.15) is 5.69 Å². The molecule has 5 nitrogen and oxygen atoms in total. The minimum absolute atomic E-state index is 0.104. The van der Waals surface area contributed by atoms with Crippen LogP contribution in [0.5, 0.6) is 0 Å². The van der Waals surface area contributed by atoms with Gasteiger partial charge in [0.15, 0.2) is 10.8 Å². The highest BCUT2D eigenvalue weighted by atomic mass is 32.1. The molecule has 0 radical (unpaired) electrons. The average molecular weight is 355 g/mol. The molecular weight excluding hydrogens is 334 g/mol. The number of hydrogen-bond donors (Lipinski definition) is 1. The smallest absolute Gasteiger partial charge is 0.270 e. The molecule has 1 atom stereocenters. The second-order valence-corrected chi connectivity index (χ2v) is 6.97. The molecular formula is C19H21N3O2S. The maximum absolute atomic E-state index is 12.4. The van der Waals surface area contributed by atoms with E-state index in [0.29, 0.717) is 23.0 Å². The summed E-state index contributed by atoms with van der Waals surface area (Å²) in [6, 6.07) is 12.1. The van der Waals surface area contributed by atoms with E-state index in [4.69, 9.17) is 4.42 Å². The molecule has 6 heteroatoms. The lowest BCUT2D eigenvalue weighted by atomic mass is 10.0. The number of amides is 1. The van der Waals surface area contributed by atoms with Crippen molar-refractivity contribution in [2.24, 2.45) is 0 Å². The van der Waals surface area contributed by atoms with Gasteiger partial charge >= 0.3 is 0 Å². The first-order valence-electron chi connectivity index (χ1n) is 8.05. The van der Waals surface area contributed by atoms with Crippen LogP contribution in [-0.2, 0) is 0 Å². The molecule has 0 aliphatic heterocycles. The van der Waals surface area contributed by atoms with Crippen LogP contribution in [0, 0.1) is 6.92 Å². The highest BCUT2D eigenvalue weighted by molar-refractivity contribution is 7.13. The molecule has 0 fully saturated rings. The Morgan fingerprint density at radius 3 is 2.68 bits per heavy atom. The monoisotopic (exact) mass is 355 g/mol. The van der Waals surface area contributed by atoms with E-state index < -0.39 is 0 Å². The fraction of sp³-hybridized carbons (Fsp3) is 0.263. The summed E-state index contributed by atoms with van der Waals surface area (Å²) < 4.78 is 5.32. The summed E-state index contributed by atoms with van der Waals surface area (Å²) in [6.45, 7) is 2.58.